The largest absolute Gasteiger partial charge is 0.468 e. The van der Waals surface area contributed by atoms with Gasteiger partial charge in [-0.15, -0.1) is 0 Å². The van der Waals surface area contributed by atoms with Crippen LogP contribution in [0.4, 0.5) is 10.5 Å². The standard InChI is InChI=1S/C22H19N5O5/c1-32-21(30)16(6-7-28)25-11-12-8-17(25)19-20(29)27(22(31)26(12)19)18-10-24-15(9-23)13-4-2-3-5-14(13)18/h2-5,7,10,12,16-17,19H,6,8,11H2,1H3/t12-,16?,17-,19+/m0/s1. The molecule has 1 aromatic carbocycles. The van der Waals surface area contributed by atoms with E-state index in [1.807, 2.05) is 11.0 Å². The van der Waals surface area contributed by atoms with Crippen molar-refractivity contribution in [2.24, 2.45) is 0 Å². The topological polar surface area (TPSA) is 124 Å². The van der Waals surface area contributed by atoms with Crippen molar-refractivity contribution >= 4 is 40.7 Å². The molecule has 3 amide bonds. The van der Waals surface area contributed by atoms with Crippen molar-refractivity contribution in [3.63, 3.8) is 0 Å². The summed E-state index contributed by atoms with van der Waals surface area (Å²) in [5, 5.41) is 10.5. The van der Waals surface area contributed by atoms with Gasteiger partial charge in [0.15, 0.2) is 0 Å². The number of hydrogen-bond acceptors (Lipinski definition) is 8. The van der Waals surface area contributed by atoms with Crippen LogP contribution >= 0.6 is 0 Å². The number of carbonyl (C=O) groups excluding carboxylic acids is 4. The number of piperazine rings is 1. The predicted octanol–water partition coefficient (Wildman–Crippen LogP) is 0.831. The van der Waals surface area contributed by atoms with Gasteiger partial charge in [0.05, 0.1) is 19.0 Å². The Kier molecular flexibility index (Phi) is 4.64. The maximum absolute atomic E-state index is 13.5. The molecule has 4 atom stereocenters. The molecule has 0 saturated carbocycles. The van der Waals surface area contributed by atoms with Crippen LogP contribution in [-0.4, -0.2) is 76.8 Å². The molecule has 1 aromatic heterocycles. The van der Waals surface area contributed by atoms with Gasteiger partial charge in [0, 0.05) is 35.8 Å². The van der Waals surface area contributed by atoms with Crippen molar-refractivity contribution in [3.8, 4) is 6.07 Å². The number of amides is 3. The minimum atomic E-state index is -0.788. The summed E-state index contributed by atoms with van der Waals surface area (Å²) >= 11 is 0. The van der Waals surface area contributed by atoms with Gasteiger partial charge in [-0.05, 0) is 6.42 Å². The third-order valence-corrected chi connectivity index (χ3v) is 6.62. The van der Waals surface area contributed by atoms with Gasteiger partial charge in [0.1, 0.15) is 30.1 Å². The lowest BCUT2D eigenvalue weighted by Crippen LogP contribution is -2.58. The monoisotopic (exact) mass is 433 g/mol. The Bertz CT molecular complexity index is 1210. The number of ether oxygens (including phenoxy) is 1. The quantitative estimate of drug-likeness (QED) is 0.386. The highest BCUT2D eigenvalue weighted by Crippen LogP contribution is 2.44. The Morgan fingerprint density at radius 3 is 2.78 bits per heavy atom. The number of carbonyl (C=O) groups is 4. The van der Waals surface area contributed by atoms with Gasteiger partial charge in [-0.2, -0.15) is 5.26 Å². The van der Waals surface area contributed by atoms with Crippen molar-refractivity contribution in [2.75, 3.05) is 18.6 Å². The summed E-state index contributed by atoms with van der Waals surface area (Å²) in [6.07, 6.45) is 2.54. The highest BCUT2D eigenvalue weighted by molar-refractivity contribution is 6.25. The molecule has 0 aliphatic carbocycles. The van der Waals surface area contributed by atoms with E-state index >= 15 is 0 Å². The number of aromatic nitrogens is 1. The average molecular weight is 433 g/mol. The van der Waals surface area contributed by atoms with Gasteiger partial charge in [0.2, 0.25) is 0 Å². The smallest absolute Gasteiger partial charge is 0.332 e. The summed E-state index contributed by atoms with van der Waals surface area (Å²) in [7, 11) is 1.26. The molecule has 10 heteroatoms. The minimum absolute atomic E-state index is 0.0430. The van der Waals surface area contributed by atoms with E-state index in [0.29, 0.717) is 35.7 Å². The number of methoxy groups -OCH3 is 1. The Balaban J connectivity index is 1.53. The van der Waals surface area contributed by atoms with E-state index in [9.17, 15) is 24.4 Å². The number of pyridine rings is 1. The van der Waals surface area contributed by atoms with Crippen LogP contribution in [0.5, 0.6) is 0 Å². The second-order valence-corrected chi connectivity index (χ2v) is 8.05. The molecule has 1 unspecified atom stereocenters. The molecule has 162 valence electrons. The summed E-state index contributed by atoms with van der Waals surface area (Å²) in [5.41, 5.74) is 0.539. The third-order valence-electron chi connectivity index (χ3n) is 6.62. The number of urea groups is 1. The Hall–Kier alpha value is -3.84. The van der Waals surface area contributed by atoms with Crippen LogP contribution in [0.2, 0.25) is 0 Å². The molecule has 10 nitrogen and oxygen atoms in total. The Labute approximate surface area is 182 Å². The molecular weight excluding hydrogens is 414 g/mol. The van der Waals surface area contributed by atoms with Crippen molar-refractivity contribution in [2.45, 2.75) is 37.0 Å². The number of benzene rings is 1. The predicted molar refractivity (Wildman–Crippen MR) is 110 cm³/mol. The first-order chi connectivity index (χ1) is 15.5. The molecule has 3 aliphatic heterocycles. The number of nitriles is 1. The summed E-state index contributed by atoms with van der Waals surface area (Å²) < 4.78 is 4.85. The van der Waals surface area contributed by atoms with Crippen LogP contribution < -0.4 is 4.90 Å². The van der Waals surface area contributed by atoms with Crippen LogP contribution in [0, 0.1) is 11.3 Å². The second kappa shape index (κ2) is 7.39. The van der Waals surface area contributed by atoms with Gasteiger partial charge in [-0.3, -0.25) is 14.5 Å². The summed E-state index contributed by atoms with van der Waals surface area (Å²) in [5.74, 6) is -0.939. The number of aldehydes is 1. The number of likely N-dealkylation sites (tertiary alicyclic amines) is 1. The van der Waals surface area contributed by atoms with Crippen LogP contribution in [0.15, 0.2) is 30.5 Å². The van der Waals surface area contributed by atoms with Gasteiger partial charge in [0.25, 0.3) is 5.91 Å². The van der Waals surface area contributed by atoms with Gasteiger partial charge >= 0.3 is 12.0 Å². The zero-order valence-electron chi connectivity index (χ0n) is 17.2. The van der Waals surface area contributed by atoms with E-state index in [2.05, 4.69) is 4.98 Å². The van der Waals surface area contributed by atoms with Crippen molar-refractivity contribution in [1.29, 1.82) is 5.26 Å². The molecule has 32 heavy (non-hydrogen) atoms. The zero-order chi connectivity index (χ0) is 22.6. The number of imide groups is 1. The van der Waals surface area contributed by atoms with Crippen molar-refractivity contribution < 1.29 is 23.9 Å². The maximum Gasteiger partial charge on any atom is 0.332 e. The molecule has 5 rings (SSSR count). The Morgan fingerprint density at radius 1 is 1.34 bits per heavy atom. The maximum atomic E-state index is 13.5. The van der Waals surface area contributed by atoms with Gasteiger partial charge < -0.3 is 14.4 Å². The van der Waals surface area contributed by atoms with Gasteiger partial charge in [-0.25, -0.2) is 14.7 Å². The first-order valence-electron chi connectivity index (χ1n) is 10.2. The van der Waals surface area contributed by atoms with Crippen molar-refractivity contribution in [1.82, 2.24) is 14.8 Å². The minimum Gasteiger partial charge on any atom is -0.468 e. The average Bonchev–Trinajstić information content (AvgIpc) is 3.47. The fraction of sp³-hybridized carbons (Fsp3) is 0.364. The number of nitrogens with zero attached hydrogens (tertiary/aromatic N) is 5. The molecule has 4 heterocycles. The number of anilines is 1. The third kappa shape index (κ3) is 2.64. The Morgan fingerprint density at radius 2 is 2.09 bits per heavy atom. The fourth-order valence-corrected chi connectivity index (χ4v) is 5.31. The second-order valence-electron chi connectivity index (χ2n) is 8.05. The van der Waals surface area contributed by atoms with E-state index in [1.54, 1.807) is 29.2 Å². The fourth-order valence-electron chi connectivity index (χ4n) is 5.31. The molecule has 0 radical (unpaired) electrons. The SMILES string of the molecule is COC(=O)C(CC=O)N1C[C@@H]2C[C@H]1[C@@H]1C(=O)N(c3cnc(C#N)c4ccccc34)C(=O)N21. The summed E-state index contributed by atoms with van der Waals surface area (Å²) in [6.45, 7) is 0.383. The first kappa shape index (κ1) is 20.1. The van der Waals surface area contributed by atoms with Gasteiger partial charge in [-0.1, -0.05) is 24.3 Å². The van der Waals surface area contributed by atoms with Crippen LogP contribution in [0.3, 0.4) is 0 Å². The molecular formula is C22H19N5O5. The van der Waals surface area contributed by atoms with E-state index < -0.39 is 30.0 Å². The van der Waals surface area contributed by atoms with E-state index in [1.165, 1.54) is 13.3 Å². The molecule has 3 aliphatic rings. The lowest BCUT2D eigenvalue weighted by atomic mass is 10.0. The lowest BCUT2D eigenvalue weighted by Gasteiger charge is -2.37. The molecule has 3 saturated heterocycles. The molecule has 2 aromatic rings. The normalized spacial score (nSPS) is 25.2. The van der Waals surface area contributed by atoms with Crippen LogP contribution in [0.25, 0.3) is 10.8 Å². The molecule has 0 spiro atoms. The number of rotatable bonds is 5. The summed E-state index contributed by atoms with van der Waals surface area (Å²) in [6, 6.07) is 6.42. The molecule has 2 bridgehead atoms. The van der Waals surface area contributed by atoms with Crippen molar-refractivity contribution in [3.05, 3.63) is 36.2 Å². The van der Waals surface area contributed by atoms with Crippen LogP contribution in [-0.2, 0) is 19.1 Å². The first-order valence-corrected chi connectivity index (χ1v) is 10.2. The number of hydrogen-bond donors (Lipinski definition) is 0. The van der Waals surface area contributed by atoms with E-state index in [-0.39, 0.29) is 24.2 Å². The zero-order valence-corrected chi connectivity index (χ0v) is 17.2. The molecule has 0 N–H and O–H groups in total. The van der Waals surface area contributed by atoms with E-state index in [4.69, 9.17) is 4.74 Å². The van der Waals surface area contributed by atoms with E-state index in [0.717, 1.165) is 4.90 Å². The number of fused-ring (bicyclic) bond motifs is 6. The highest BCUT2D eigenvalue weighted by atomic mass is 16.5. The number of esters is 1. The van der Waals surface area contributed by atoms with Crippen LogP contribution in [0.1, 0.15) is 18.5 Å². The summed E-state index contributed by atoms with van der Waals surface area (Å²) in [4.78, 5) is 58.9. The lowest BCUT2D eigenvalue weighted by molar-refractivity contribution is -0.150. The molecule has 3 fully saturated rings. The highest BCUT2D eigenvalue weighted by Gasteiger charge is 2.63.